The standard InChI is InChI=1S/C30H40N4O4/c1-6-38-29(36)16-15-28(35)34(21-23-11-13-25(14-12-23)33(3)4)18-8-9-22(2)32-27-20-26(37-5)19-24-10-7-17-31-30(24)27/h7,10-14,17,19-20,22,32H,6,8-9,15-16,18,21H2,1-5H3. The Hall–Kier alpha value is -3.81. The molecule has 3 rings (SSSR count). The van der Waals surface area contributed by atoms with Crippen LogP contribution in [0.2, 0.25) is 0 Å². The van der Waals surface area contributed by atoms with Crippen LogP contribution in [0.1, 0.15) is 45.1 Å². The van der Waals surface area contributed by atoms with Crippen molar-refractivity contribution in [2.75, 3.05) is 44.6 Å². The predicted octanol–water partition coefficient (Wildman–Crippen LogP) is 5.26. The highest BCUT2D eigenvalue weighted by Gasteiger charge is 2.17. The van der Waals surface area contributed by atoms with Crippen molar-refractivity contribution in [3.05, 3.63) is 60.3 Å². The number of hydrogen-bond donors (Lipinski definition) is 1. The summed E-state index contributed by atoms with van der Waals surface area (Å²) < 4.78 is 10.5. The quantitative estimate of drug-likeness (QED) is 0.290. The fraction of sp³-hybridized carbons (Fsp3) is 0.433. The molecule has 8 nitrogen and oxygen atoms in total. The number of carbonyl (C=O) groups is 2. The van der Waals surface area contributed by atoms with Gasteiger partial charge in [-0.15, -0.1) is 0 Å². The number of anilines is 2. The summed E-state index contributed by atoms with van der Waals surface area (Å²) in [5, 5.41) is 4.59. The van der Waals surface area contributed by atoms with E-state index in [0.29, 0.717) is 19.7 Å². The topological polar surface area (TPSA) is 84.0 Å². The summed E-state index contributed by atoms with van der Waals surface area (Å²) in [4.78, 5) is 33.3. The van der Waals surface area contributed by atoms with Gasteiger partial charge in [-0.05, 0) is 56.5 Å². The number of ether oxygens (including phenoxy) is 2. The molecule has 0 radical (unpaired) electrons. The molecule has 1 aromatic heterocycles. The summed E-state index contributed by atoms with van der Waals surface area (Å²) in [5.41, 5.74) is 3.99. The van der Waals surface area contributed by atoms with Crippen LogP contribution >= 0.6 is 0 Å². The van der Waals surface area contributed by atoms with E-state index in [1.165, 1.54) is 0 Å². The summed E-state index contributed by atoms with van der Waals surface area (Å²) >= 11 is 0. The lowest BCUT2D eigenvalue weighted by molar-refractivity contribution is -0.145. The molecule has 0 aliphatic heterocycles. The maximum absolute atomic E-state index is 13.1. The van der Waals surface area contributed by atoms with E-state index in [9.17, 15) is 9.59 Å². The van der Waals surface area contributed by atoms with Crippen LogP contribution in [0.4, 0.5) is 11.4 Å². The minimum absolute atomic E-state index is 0.0432. The van der Waals surface area contributed by atoms with Crippen LogP contribution in [0.25, 0.3) is 10.9 Å². The number of nitrogens with one attached hydrogen (secondary N) is 1. The number of hydrogen-bond acceptors (Lipinski definition) is 7. The number of fused-ring (bicyclic) bond motifs is 1. The Bertz CT molecular complexity index is 1200. The van der Waals surface area contributed by atoms with Crippen LogP contribution in [0, 0.1) is 0 Å². The summed E-state index contributed by atoms with van der Waals surface area (Å²) in [6, 6.07) is 16.2. The molecule has 0 aliphatic carbocycles. The maximum Gasteiger partial charge on any atom is 0.306 e. The first-order valence-electron chi connectivity index (χ1n) is 13.2. The SMILES string of the molecule is CCOC(=O)CCC(=O)N(CCCC(C)Nc1cc(OC)cc2cccnc12)Cc1ccc(N(C)C)cc1. The van der Waals surface area contributed by atoms with Gasteiger partial charge in [0, 0.05) is 63.0 Å². The fourth-order valence-electron chi connectivity index (χ4n) is 4.33. The van der Waals surface area contributed by atoms with Crippen LogP contribution in [0.15, 0.2) is 54.7 Å². The molecule has 1 unspecified atom stereocenters. The maximum atomic E-state index is 13.1. The third-order valence-corrected chi connectivity index (χ3v) is 6.41. The number of rotatable bonds is 14. The summed E-state index contributed by atoms with van der Waals surface area (Å²) in [5.74, 6) is 0.394. The zero-order valence-corrected chi connectivity index (χ0v) is 23.2. The number of nitrogens with zero attached hydrogens (tertiary/aromatic N) is 3. The second kappa shape index (κ2) is 14.2. The lowest BCUT2D eigenvalue weighted by Gasteiger charge is -2.25. The molecular weight excluding hydrogens is 480 g/mol. The smallest absolute Gasteiger partial charge is 0.306 e. The Morgan fingerprint density at radius 2 is 1.84 bits per heavy atom. The van der Waals surface area contributed by atoms with Gasteiger partial charge in [-0.1, -0.05) is 18.2 Å². The molecule has 2 aromatic carbocycles. The molecule has 0 aliphatic rings. The van der Waals surface area contributed by atoms with E-state index in [-0.39, 0.29) is 30.8 Å². The molecule has 1 heterocycles. The highest BCUT2D eigenvalue weighted by Crippen LogP contribution is 2.28. The molecule has 0 spiro atoms. The van der Waals surface area contributed by atoms with Crippen LogP contribution in [0.3, 0.4) is 0 Å². The Labute approximate surface area is 225 Å². The first kappa shape index (κ1) is 28.8. The Morgan fingerprint density at radius 1 is 1.08 bits per heavy atom. The molecule has 3 aromatic rings. The average molecular weight is 521 g/mol. The zero-order chi connectivity index (χ0) is 27.5. The first-order valence-corrected chi connectivity index (χ1v) is 13.2. The molecule has 8 heteroatoms. The number of benzene rings is 2. The minimum Gasteiger partial charge on any atom is -0.497 e. The molecule has 0 saturated carbocycles. The zero-order valence-electron chi connectivity index (χ0n) is 23.2. The van der Waals surface area contributed by atoms with Crippen LogP contribution in [-0.4, -0.2) is 62.2 Å². The van der Waals surface area contributed by atoms with Crippen LogP contribution in [-0.2, 0) is 20.9 Å². The molecule has 0 bridgehead atoms. The van der Waals surface area contributed by atoms with Gasteiger partial charge in [0.05, 0.1) is 31.3 Å². The Kier molecular flexibility index (Phi) is 10.8. The van der Waals surface area contributed by atoms with Crippen LogP contribution in [0.5, 0.6) is 5.75 Å². The second-order valence-corrected chi connectivity index (χ2v) is 9.62. The normalized spacial score (nSPS) is 11.6. The number of pyridine rings is 1. The lowest BCUT2D eigenvalue weighted by atomic mass is 10.1. The van der Waals surface area contributed by atoms with Gasteiger partial charge in [0.15, 0.2) is 0 Å². The second-order valence-electron chi connectivity index (χ2n) is 9.62. The molecule has 1 amide bonds. The number of aromatic nitrogens is 1. The van der Waals surface area contributed by atoms with E-state index >= 15 is 0 Å². The number of amides is 1. The molecule has 0 fully saturated rings. The van der Waals surface area contributed by atoms with E-state index in [0.717, 1.165) is 46.4 Å². The summed E-state index contributed by atoms with van der Waals surface area (Å²) in [6.07, 6.45) is 3.69. The van der Waals surface area contributed by atoms with Crippen molar-refractivity contribution in [3.63, 3.8) is 0 Å². The van der Waals surface area contributed by atoms with Gasteiger partial charge in [-0.2, -0.15) is 0 Å². The van der Waals surface area contributed by atoms with E-state index in [1.54, 1.807) is 20.2 Å². The van der Waals surface area contributed by atoms with Gasteiger partial charge >= 0.3 is 5.97 Å². The largest absolute Gasteiger partial charge is 0.497 e. The van der Waals surface area contributed by atoms with E-state index < -0.39 is 0 Å². The Balaban J connectivity index is 1.63. The van der Waals surface area contributed by atoms with Gasteiger partial charge in [-0.3, -0.25) is 14.6 Å². The van der Waals surface area contributed by atoms with E-state index in [4.69, 9.17) is 9.47 Å². The van der Waals surface area contributed by atoms with Crippen molar-refractivity contribution in [2.24, 2.45) is 0 Å². The average Bonchev–Trinajstić information content (AvgIpc) is 2.91. The molecule has 38 heavy (non-hydrogen) atoms. The van der Waals surface area contributed by atoms with Gasteiger partial charge < -0.3 is 24.6 Å². The van der Waals surface area contributed by atoms with Gasteiger partial charge in [0.25, 0.3) is 0 Å². The molecule has 0 saturated heterocycles. The molecular formula is C30H40N4O4. The lowest BCUT2D eigenvalue weighted by Crippen LogP contribution is -2.32. The van der Waals surface area contributed by atoms with Crippen LogP contribution < -0.4 is 15.0 Å². The number of esters is 1. The van der Waals surface area contributed by atoms with Crippen molar-refractivity contribution >= 4 is 34.2 Å². The highest BCUT2D eigenvalue weighted by atomic mass is 16.5. The minimum atomic E-state index is -0.340. The molecule has 1 atom stereocenters. The van der Waals surface area contributed by atoms with Crippen molar-refractivity contribution in [3.8, 4) is 5.75 Å². The van der Waals surface area contributed by atoms with Crippen molar-refractivity contribution in [2.45, 2.75) is 52.1 Å². The molecule has 1 N–H and O–H groups in total. The van der Waals surface area contributed by atoms with Gasteiger partial charge in [-0.25, -0.2) is 0 Å². The predicted molar refractivity (Wildman–Crippen MR) is 153 cm³/mol. The van der Waals surface area contributed by atoms with Crippen molar-refractivity contribution < 1.29 is 19.1 Å². The fourth-order valence-corrected chi connectivity index (χ4v) is 4.33. The number of methoxy groups -OCH3 is 1. The Morgan fingerprint density at radius 3 is 2.53 bits per heavy atom. The number of carbonyl (C=O) groups excluding carboxylic acids is 2. The monoisotopic (exact) mass is 520 g/mol. The highest BCUT2D eigenvalue weighted by molar-refractivity contribution is 5.92. The third kappa shape index (κ3) is 8.36. The summed E-state index contributed by atoms with van der Waals surface area (Å²) in [7, 11) is 5.66. The third-order valence-electron chi connectivity index (χ3n) is 6.41. The van der Waals surface area contributed by atoms with Crippen molar-refractivity contribution in [1.29, 1.82) is 0 Å². The van der Waals surface area contributed by atoms with E-state index in [2.05, 4.69) is 29.4 Å². The molecule has 204 valence electrons. The van der Waals surface area contributed by atoms with Crippen molar-refractivity contribution in [1.82, 2.24) is 9.88 Å². The van der Waals surface area contributed by atoms with Gasteiger partial charge in [0.1, 0.15) is 5.75 Å². The van der Waals surface area contributed by atoms with E-state index in [1.807, 2.05) is 60.3 Å². The first-order chi connectivity index (χ1) is 18.3. The van der Waals surface area contributed by atoms with Gasteiger partial charge in [0.2, 0.25) is 5.91 Å². The summed E-state index contributed by atoms with van der Waals surface area (Å²) in [6.45, 7) is 5.31.